The third kappa shape index (κ3) is 3.67. The summed E-state index contributed by atoms with van der Waals surface area (Å²) >= 11 is 1.35. The van der Waals surface area contributed by atoms with Gasteiger partial charge in [-0.05, 0) is 32.7 Å². The molecule has 0 radical (unpaired) electrons. The number of anilines is 1. The first-order valence-electron chi connectivity index (χ1n) is 6.62. The number of rotatable bonds is 5. The van der Waals surface area contributed by atoms with Crippen LogP contribution in [0.25, 0.3) is 0 Å². The molecule has 1 unspecified atom stereocenters. The van der Waals surface area contributed by atoms with Crippen LogP contribution in [0.15, 0.2) is 6.20 Å². The molecule has 0 aliphatic carbocycles. The fourth-order valence-electron chi connectivity index (χ4n) is 2.28. The first-order valence-corrected chi connectivity index (χ1v) is 7.44. The Morgan fingerprint density at radius 1 is 1.68 bits per heavy atom. The van der Waals surface area contributed by atoms with Crippen LogP contribution in [-0.4, -0.2) is 48.6 Å². The van der Waals surface area contributed by atoms with Gasteiger partial charge in [0, 0.05) is 19.1 Å². The van der Waals surface area contributed by atoms with E-state index in [4.69, 9.17) is 0 Å². The van der Waals surface area contributed by atoms with Crippen LogP contribution in [0.3, 0.4) is 0 Å². The van der Waals surface area contributed by atoms with Gasteiger partial charge in [-0.25, -0.2) is 9.78 Å². The SMILES string of the molecule is COC(=O)c1cnc(NCC2CCN(C(C)C)C2)s1. The Balaban J connectivity index is 1.80. The zero-order valence-corrected chi connectivity index (χ0v) is 12.5. The van der Waals surface area contributed by atoms with E-state index >= 15 is 0 Å². The molecule has 1 saturated heterocycles. The Bertz CT molecular complexity index is 433. The highest BCUT2D eigenvalue weighted by atomic mass is 32.1. The van der Waals surface area contributed by atoms with Crippen molar-refractivity contribution in [1.29, 1.82) is 0 Å². The summed E-state index contributed by atoms with van der Waals surface area (Å²) in [6, 6.07) is 0.621. The zero-order valence-electron chi connectivity index (χ0n) is 11.7. The van der Waals surface area contributed by atoms with Gasteiger partial charge in [-0.2, -0.15) is 0 Å². The van der Waals surface area contributed by atoms with Crippen LogP contribution in [0, 0.1) is 5.92 Å². The Morgan fingerprint density at radius 3 is 3.11 bits per heavy atom. The maximum Gasteiger partial charge on any atom is 0.349 e. The van der Waals surface area contributed by atoms with E-state index in [-0.39, 0.29) is 5.97 Å². The Labute approximate surface area is 118 Å². The number of likely N-dealkylation sites (tertiary alicyclic amines) is 1. The number of ether oxygens (including phenoxy) is 1. The normalized spacial score (nSPS) is 19.9. The topological polar surface area (TPSA) is 54.5 Å². The van der Waals surface area contributed by atoms with Crippen LogP contribution in [0.4, 0.5) is 5.13 Å². The number of hydrogen-bond donors (Lipinski definition) is 1. The molecule has 0 saturated carbocycles. The van der Waals surface area contributed by atoms with Crippen LogP contribution >= 0.6 is 11.3 Å². The van der Waals surface area contributed by atoms with Gasteiger partial charge in [-0.1, -0.05) is 11.3 Å². The van der Waals surface area contributed by atoms with Crippen molar-refractivity contribution in [3.63, 3.8) is 0 Å². The molecule has 6 heteroatoms. The number of thiazole rings is 1. The summed E-state index contributed by atoms with van der Waals surface area (Å²) in [5.74, 6) is 0.338. The third-order valence-corrected chi connectivity index (χ3v) is 4.42. The second-order valence-electron chi connectivity index (χ2n) is 5.15. The lowest BCUT2D eigenvalue weighted by Gasteiger charge is -2.20. The van der Waals surface area contributed by atoms with Crippen LogP contribution in [0.1, 0.15) is 29.9 Å². The van der Waals surface area contributed by atoms with Gasteiger partial charge in [0.2, 0.25) is 0 Å². The van der Waals surface area contributed by atoms with E-state index in [9.17, 15) is 4.79 Å². The van der Waals surface area contributed by atoms with Crippen LogP contribution in [0.2, 0.25) is 0 Å². The van der Waals surface area contributed by atoms with E-state index in [2.05, 4.69) is 33.8 Å². The molecule has 1 N–H and O–H groups in total. The lowest BCUT2D eigenvalue weighted by Crippen LogP contribution is -2.29. The number of methoxy groups -OCH3 is 1. The molecule has 0 bridgehead atoms. The smallest absolute Gasteiger partial charge is 0.349 e. The average Bonchev–Trinajstić information content (AvgIpc) is 3.04. The fourth-order valence-corrected chi connectivity index (χ4v) is 3.02. The highest BCUT2D eigenvalue weighted by Gasteiger charge is 2.24. The Morgan fingerprint density at radius 2 is 2.47 bits per heavy atom. The van der Waals surface area contributed by atoms with Gasteiger partial charge in [0.05, 0.1) is 13.3 Å². The molecule has 1 aromatic rings. The Hall–Kier alpha value is -1.14. The lowest BCUT2D eigenvalue weighted by atomic mass is 10.1. The summed E-state index contributed by atoms with van der Waals surface area (Å²) in [5.41, 5.74) is 0. The number of carbonyl (C=O) groups excluding carboxylic acids is 1. The summed E-state index contributed by atoms with van der Waals surface area (Å²) in [6.07, 6.45) is 2.79. The van der Waals surface area contributed by atoms with Crippen molar-refractivity contribution >= 4 is 22.4 Å². The van der Waals surface area contributed by atoms with Crippen molar-refractivity contribution < 1.29 is 9.53 Å². The summed E-state index contributed by atoms with van der Waals surface area (Å²) < 4.78 is 4.66. The summed E-state index contributed by atoms with van der Waals surface area (Å²) in [4.78, 5) is 18.5. The van der Waals surface area contributed by atoms with Gasteiger partial charge in [0.1, 0.15) is 4.88 Å². The standard InChI is InChI=1S/C13H21N3O2S/c1-9(2)16-5-4-10(8-16)6-14-13-15-7-11(19-13)12(17)18-3/h7,9-10H,4-6,8H2,1-3H3,(H,14,15). The highest BCUT2D eigenvalue weighted by Crippen LogP contribution is 2.22. The predicted molar refractivity (Wildman–Crippen MR) is 76.8 cm³/mol. The van der Waals surface area contributed by atoms with E-state index in [0.717, 1.165) is 18.2 Å². The molecule has 2 heterocycles. The maximum atomic E-state index is 11.3. The zero-order chi connectivity index (χ0) is 13.8. The van der Waals surface area contributed by atoms with Crippen molar-refractivity contribution in [2.75, 3.05) is 32.1 Å². The number of nitrogens with one attached hydrogen (secondary N) is 1. The molecule has 106 valence electrons. The third-order valence-electron chi connectivity index (χ3n) is 3.48. The molecule has 1 atom stereocenters. The van der Waals surface area contributed by atoms with Crippen LogP contribution < -0.4 is 5.32 Å². The summed E-state index contributed by atoms with van der Waals surface area (Å²) in [5, 5.41) is 4.11. The van der Waals surface area contributed by atoms with Gasteiger partial charge in [-0.15, -0.1) is 0 Å². The van der Waals surface area contributed by atoms with Crippen molar-refractivity contribution in [1.82, 2.24) is 9.88 Å². The molecule has 1 aliphatic rings. The van der Waals surface area contributed by atoms with Gasteiger partial charge in [0.15, 0.2) is 5.13 Å². The molecule has 0 amide bonds. The minimum absolute atomic E-state index is 0.322. The van der Waals surface area contributed by atoms with E-state index in [1.165, 1.54) is 31.4 Å². The minimum atomic E-state index is -0.322. The minimum Gasteiger partial charge on any atom is -0.465 e. The van der Waals surface area contributed by atoms with Crippen molar-refractivity contribution in [2.24, 2.45) is 5.92 Å². The van der Waals surface area contributed by atoms with Crippen LogP contribution in [-0.2, 0) is 4.74 Å². The number of aromatic nitrogens is 1. The van der Waals surface area contributed by atoms with E-state index in [1.807, 2.05) is 0 Å². The van der Waals surface area contributed by atoms with Gasteiger partial charge >= 0.3 is 5.97 Å². The number of esters is 1. The maximum absolute atomic E-state index is 11.3. The summed E-state index contributed by atoms with van der Waals surface area (Å²) in [7, 11) is 1.38. The molecular weight excluding hydrogens is 262 g/mol. The van der Waals surface area contributed by atoms with Gasteiger partial charge < -0.3 is 15.0 Å². The number of nitrogens with zero attached hydrogens (tertiary/aromatic N) is 2. The number of hydrogen-bond acceptors (Lipinski definition) is 6. The second kappa shape index (κ2) is 6.34. The number of carbonyl (C=O) groups is 1. The van der Waals surface area contributed by atoms with Crippen molar-refractivity contribution in [3.05, 3.63) is 11.1 Å². The molecular formula is C13H21N3O2S. The largest absolute Gasteiger partial charge is 0.465 e. The average molecular weight is 283 g/mol. The molecule has 1 aromatic heterocycles. The lowest BCUT2D eigenvalue weighted by molar-refractivity contribution is 0.0606. The molecule has 1 fully saturated rings. The van der Waals surface area contributed by atoms with Gasteiger partial charge in [-0.3, -0.25) is 0 Å². The molecule has 0 spiro atoms. The quantitative estimate of drug-likeness (QED) is 0.838. The van der Waals surface area contributed by atoms with Crippen molar-refractivity contribution in [3.8, 4) is 0 Å². The summed E-state index contributed by atoms with van der Waals surface area (Å²) in [6.45, 7) is 7.70. The molecule has 0 aromatic carbocycles. The molecule has 2 rings (SSSR count). The molecule has 5 nitrogen and oxygen atoms in total. The monoisotopic (exact) mass is 283 g/mol. The first-order chi connectivity index (χ1) is 9.10. The van der Waals surface area contributed by atoms with Crippen LogP contribution in [0.5, 0.6) is 0 Å². The molecule has 1 aliphatic heterocycles. The Kier molecular flexibility index (Phi) is 4.76. The fraction of sp³-hybridized carbons (Fsp3) is 0.692. The van der Waals surface area contributed by atoms with E-state index in [0.29, 0.717) is 16.8 Å². The van der Waals surface area contributed by atoms with Gasteiger partial charge in [0.25, 0.3) is 0 Å². The van der Waals surface area contributed by atoms with E-state index in [1.54, 1.807) is 6.20 Å². The predicted octanol–water partition coefficient (Wildman–Crippen LogP) is 2.07. The van der Waals surface area contributed by atoms with Crippen molar-refractivity contribution in [2.45, 2.75) is 26.3 Å². The first kappa shape index (κ1) is 14.3. The van der Waals surface area contributed by atoms with E-state index < -0.39 is 0 Å². The molecule has 19 heavy (non-hydrogen) atoms. The highest BCUT2D eigenvalue weighted by molar-refractivity contribution is 7.17. The second-order valence-corrected chi connectivity index (χ2v) is 6.18.